The normalized spacial score (nSPS) is 18.3. The van der Waals surface area contributed by atoms with Crippen LogP contribution >= 0.6 is 0 Å². The van der Waals surface area contributed by atoms with Crippen molar-refractivity contribution < 1.29 is 0 Å². The van der Waals surface area contributed by atoms with Gasteiger partial charge in [0.05, 0.1) is 8.07 Å². The maximum absolute atomic E-state index is 2.69. The van der Waals surface area contributed by atoms with Crippen LogP contribution < -0.4 is 0 Å². The van der Waals surface area contributed by atoms with E-state index < -0.39 is 8.07 Å². The lowest BCUT2D eigenvalue weighted by atomic mass is 10.4. The summed E-state index contributed by atoms with van der Waals surface area (Å²) in [6.45, 7) is 11.0. The number of likely N-dealkylation sites (tertiary alicyclic amines) is 1. The van der Waals surface area contributed by atoms with Gasteiger partial charge >= 0.3 is 0 Å². The van der Waals surface area contributed by atoms with Gasteiger partial charge in [0.15, 0.2) is 0 Å². The highest BCUT2D eigenvalue weighted by atomic mass is 28.3. The number of nitrogens with zero attached hydrogens (tertiary/aromatic N) is 1. The number of allylic oxidation sites excluding steroid dienone is 1. The van der Waals surface area contributed by atoms with Crippen LogP contribution in [0.25, 0.3) is 0 Å². The molecule has 1 saturated heterocycles. The SMILES string of the molecule is CC=C[Si](CCC)(CCC)CCN1CCCC1. The van der Waals surface area contributed by atoms with E-state index in [1.807, 2.05) is 0 Å². The lowest BCUT2D eigenvalue weighted by Crippen LogP contribution is -2.36. The van der Waals surface area contributed by atoms with Crippen LogP contribution in [0.5, 0.6) is 0 Å². The molecule has 2 heteroatoms. The molecule has 1 aliphatic heterocycles. The van der Waals surface area contributed by atoms with Gasteiger partial charge in [0.1, 0.15) is 0 Å². The van der Waals surface area contributed by atoms with Gasteiger partial charge in [-0.2, -0.15) is 0 Å². The maximum atomic E-state index is 2.69. The highest BCUT2D eigenvalue weighted by Crippen LogP contribution is 2.27. The van der Waals surface area contributed by atoms with Crippen LogP contribution in [0, 0.1) is 0 Å². The summed E-state index contributed by atoms with van der Waals surface area (Å²) in [5, 5.41) is 0. The molecule has 0 aliphatic carbocycles. The van der Waals surface area contributed by atoms with E-state index in [0.717, 1.165) is 0 Å². The van der Waals surface area contributed by atoms with Crippen LogP contribution in [0.15, 0.2) is 11.8 Å². The average Bonchev–Trinajstić information content (AvgIpc) is 2.80. The van der Waals surface area contributed by atoms with Crippen molar-refractivity contribution in [2.45, 2.75) is 64.6 Å². The molecule has 0 aromatic rings. The molecule has 0 unspecified atom stereocenters. The van der Waals surface area contributed by atoms with Crippen molar-refractivity contribution in [2.75, 3.05) is 19.6 Å². The van der Waals surface area contributed by atoms with E-state index in [0.29, 0.717) is 0 Å². The lowest BCUT2D eigenvalue weighted by Gasteiger charge is -2.30. The van der Waals surface area contributed by atoms with Gasteiger partial charge in [-0.3, -0.25) is 0 Å². The van der Waals surface area contributed by atoms with Crippen molar-refractivity contribution >= 4 is 8.07 Å². The summed E-state index contributed by atoms with van der Waals surface area (Å²) >= 11 is 0. The van der Waals surface area contributed by atoms with Gasteiger partial charge in [0.2, 0.25) is 0 Å². The van der Waals surface area contributed by atoms with Crippen molar-refractivity contribution in [3.63, 3.8) is 0 Å². The van der Waals surface area contributed by atoms with E-state index in [4.69, 9.17) is 0 Å². The first-order valence-corrected chi connectivity index (χ1v) is 10.3. The molecule has 100 valence electrons. The van der Waals surface area contributed by atoms with Crippen molar-refractivity contribution in [1.29, 1.82) is 0 Å². The third-order valence-electron chi connectivity index (χ3n) is 4.14. The third kappa shape index (κ3) is 4.97. The van der Waals surface area contributed by atoms with Crippen molar-refractivity contribution in [2.24, 2.45) is 0 Å². The number of hydrogen-bond donors (Lipinski definition) is 0. The minimum Gasteiger partial charge on any atom is -0.304 e. The predicted molar refractivity (Wildman–Crippen MR) is 81.2 cm³/mol. The second kappa shape index (κ2) is 8.10. The first kappa shape index (κ1) is 15.0. The largest absolute Gasteiger partial charge is 0.304 e. The fraction of sp³-hybridized carbons (Fsp3) is 0.867. The molecule has 1 aliphatic rings. The second-order valence-corrected chi connectivity index (χ2v) is 10.2. The molecule has 0 aromatic carbocycles. The summed E-state index contributed by atoms with van der Waals surface area (Å²) in [7, 11) is -1.09. The van der Waals surface area contributed by atoms with Gasteiger partial charge in [-0.1, -0.05) is 50.6 Å². The van der Waals surface area contributed by atoms with E-state index in [9.17, 15) is 0 Å². The Hall–Kier alpha value is -0.0831. The van der Waals surface area contributed by atoms with Crippen LogP contribution in [0.1, 0.15) is 46.5 Å². The average molecular weight is 254 g/mol. The summed E-state index contributed by atoms with van der Waals surface area (Å²) in [5.74, 6) is 0. The van der Waals surface area contributed by atoms with E-state index in [1.165, 1.54) is 63.4 Å². The van der Waals surface area contributed by atoms with Crippen molar-refractivity contribution in [1.82, 2.24) is 4.90 Å². The molecule has 1 heterocycles. The van der Waals surface area contributed by atoms with Gasteiger partial charge in [0.25, 0.3) is 0 Å². The maximum Gasteiger partial charge on any atom is 0.0786 e. The van der Waals surface area contributed by atoms with Crippen molar-refractivity contribution in [3.05, 3.63) is 11.8 Å². The summed E-state index contributed by atoms with van der Waals surface area (Å²) in [4.78, 5) is 2.69. The number of rotatable bonds is 8. The Morgan fingerprint density at radius 1 is 1.00 bits per heavy atom. The molecule has 0 atom stereocenters. The van der Waals surface area contributed by atoms with Gasteiger partial charge in [-0.15, -0.1) is 0 Å². The topological polar surface area (TPSA) is 3.24 Å². The van der Waals surface area contributed by atoms with Crippen molar-refractivity contribution in [3.8, 4) is 0 Å². The molecule has 1 nitrogen and oxygen atoms in total. The van der Waals surface area contributed by atoms with Crippen LogP contribution in [0.2, 0.25) is 18.1 Å². The molecule has 1 fully saturated rings. The summed E-state index contributed by atoms with van der Waals surface area (Å²) < 4.78 is 0. The standard InChI is InChI=1S/C15H31NSi/c1-4-12-17(13-5-2,14-6-3)15-11-16-9-7-8-10-16/h4,12H,5-11,13-15H2,1-3H3. The zero-order valence-electron chi connectivity index (χ0n) is 12.2. The van der Waals surface area contributed by atoms with E-state index in [-0.39, 0.29) is 0 Å². The zero-order chi connectivity index (χ0) is 12.6. The second-order valence-electron chi connectivity index (χ2n) is 5.66. The molecular weight excluding hydrogens is 222 g/mol. The summed E-state index contributed by atoms with van der Waals surface area (Å²) in [6, 6.07) is 4.50. The Morgan fingerprint density at radius 2 is 1.59 bits per heavy atom. The van der Waals surface area contributed by atoms with E-state index >= 15 is 0 Å². The van der Waals surface area contributed by atoms with E-state index in [2.05, 4.69) is 37.4 Å². The molecule has 1 rings (SSSR count). The third-order valence-corrected chi connectivity index (χ3v) is 9.39. The monoisotopic (exact) mass is 253 g/mol. The highest BCUT2D eigenvalue weighted by Gasteiger charge is 2.28. The Morgan fingerprint density at radius 3 is 2.06 bits per heavy atom. The lowest BCUT2D eigenvalue weighted by molar-refractivity contribution is 0.357. The van der Waals surface area contributed by atoms with Gasteiger partial charge in [-0.25, -0.2) is 0 Å². The Kier molecular flexibility index (Phi) is 7.13. The zero-order valence-corrected chi connectivity index (χ0v) is 13.2. The van der Waals surface area contributed by atoms with Crippen LogP contribution in [0.3, 0.4) is 0 Å². The molecule has 0 amide bonds. The van der Waals surface area contributed by atoms with Gasteiger partial charge in [-0.05, 0) is 45.4 Å². The minimum absolute atomic E-state index is 1.09. The molecule has 0 saturated carbocycles. The molecule has 0 bridgehead atoms. The first-order chi connectivity index (χ1) is 8.26. The highest BCUT2D eigenvalue weighted by molar-refractivity contribution is 6.84. The minimum atomic E-state index is -1.09. The smallest absolute Gasteiger partial charge is 0.0786 e. The Balaban J connectivity index is 2.52. The number of hydrogen-bond acceptors (Lipinski definition) is 1. The fourth-order valence-electron chi connectivity index (χ4n) is 3.36. The fourth-order valence-corrected chi connectivity index (χ4v) is 8.07. The van der Waals surface area contributed by atoms with Crippen LogP contribution in [0.4, 0.5) is 0 Å². The molecule has 17 heavy (non-hydrogen) atoms. The molecule has 0 radical (unpaired) electrons. The first-order valence-electron chi connectivity index (χ1n) is 7.62. The Bertz CT molecular complexity index is 213. The van der Waals surface area contributed by atoms with E-state index in [1.54, 1.807) is 0 Å². The molecule has 0 spiro atoms. The van der Waals surface area contributed by atoms with Crippen LogP contribution in [-0.2, 0) is 0 Å². The Labute approximate surface area is 109 Å². The van der Waals surface area contributed by atoms with Gasteiger partial charge in [0, 0.05) is 0 Å². The summed E-state index contributed by atoms with van der Waals surface area (Å²) in [6.07, 6.45) is 7.94. The summed E-state index contributed by atoms with van der Waals surface area (Å²) in [5.41, 5.74) is 2.63. The molecule has 0 aromatic heterocycles. The molecular formula is C15H31NSi. The van der Waals surface area contributed by atoms with Gasteiger partial charge < -0.3 is 4.90 Å². The molecule has 0 N–H and O–H groups in total. The van der Waals surface area contributed by atoms with Crippen LogP contribution in [-0.4, -0.2) is 32.6 Å². The predicted octanol–water partition coefficient (Wildman–Crippen LogP) is 4.47. The quantitative estimate of drug-likeness (QED) is 0.577.